The molecule has 0 radical (unpaired) electrons. The Hall–Kier alpha value is -2.55. The summed E-state index contributed by atoms with van der Waals surface area (Å²) in [7, 11) is 0. The zero-order valence-corrected chi connectivity index (χ0v) is 13.8. The number of benzene rings is 2. The zero-order chi connectivity index (χ0) is 16.4. The third kappa shape index (κ3) is 3.29. The van der Waals surface area contributed by atoms with Crippen LogP contribution in [0.4, 0.5) is 5.69 Å². The number of carbonyl (C=O) groups excluding carboxylic acids is 1. The molecule has 0 aliphatic carbocycles. The Labute approximate surface area is 137 Å². The van der Waals surface area contributed by atoms with Crippen molar-refractivity contribution in [1.29, 1.82) is 0 Å². The molecule has 0 unspecified atom stereocenters. The van der Waals surface area contributed by atoms with Gasteiger partial charge in [-0.2, -0.15) is 0 Å². The van der Waals surface area contributed by atoms with Gasteiger partial charge in [0.2, 0.25) is 0 Å². The molecule has 1 aliphatic heterocycles. The summed E-state index contributed by atoms with van der Waals surface area (Å²) in [6.45, 7) is 7.12. The van der Waals surface area contributed by atoms with Crippen LogP contribution in [-0.4, -0.2) is 16.8 Å². The first kappa shape index (κ1) is 15.3. The number of amides is 1. The van der Waals surface area contributed by atoms with Gasteiger partial charge in [0.15, 0.2) is 0 Å². The molecule has 1 N–H and O–H groups in total. The monoisotopic (exact) mass is 306 g/mol. The van der Waals surface area contributed by atoms with Crippen molar-refractivity contribution < 1.29 is 4.79 Å². The zero-order valence-electron chi connectivity index (χ0n) is 13.8. The van der Waals surface area contributed by atoms with Crippen molar-refractivity contribution in [3.8, 4) is 0 Å². The molecular formula is C20H22N2O. The Balaban J connectivity index is 1.94. The first-order valence-electron chi connectivity index (χ1n) is 7.98. The molecule has 0 saturated carbocycles. The van der Waals surface area contributed by atoms with Crippen LogP contribution in [0.2, 0.25) is 0 Å². The number of carbonyl (C=O) groups is 1. The summed E-state index contributed by atoms with van der Waals surface area (Å²) in [5.41, 5.74) is 5.03. The maximum absolute atomic E-state index is 12.3. The fourth-order valence-corrected chi connectivity index (χ4v) is 2.77. The molecule has 0 aromatic heterocycles. The fraction of sp³-hybridized carbons (Fsp3) is 0.250. The van der Waals surface area contributed by atoms with Crippen LogP contribution in [0.15, 0.2) is 54.7 Å². The molecule has 3 rings (SSSR count). The number of rotatable bonds is 4. The third-order valence-corrected chi connectivity index (χ3v) is 4.12. The standard InChI is InChI=1S/C20H22N2O/c1-14(2)22(12-16-7-5-4-6-8-16)13-18-17-11-15(3)9-10-19(17)21-20(18)23/h4-11,13-14H,12H2,1-3H3,(H,21,23)/b18-13+. The van der Waals surface area contributed by atoms with Gasteiger partial charge in [0.25, 0.3) is 5.91 Å². The van der Waals surface area contributed by atoms with Crippen LogP contribution in [0, 0.1) is 6.92 Å². The highest BCUT2D eigenvalue weighted by atomic mass is 16.2. The Morgan fingerprint density at radius 2 is 1.87 bits per heavy atom. The highest BCUT2D eigenvalue weighted by Gasteiger charge is 2.25. The Morgan fingerprint density at radius 3 is 2.57 bits per heavy atom. The molecule has 0 bridgehead atoms. The van der Waals surface area contributed by atoms with Gasteiger partial charge in [-0.1, -0.05) is 42.0 Å². The highest BCUT2D eigenvalue weighted by molar-refractivity contribution is 6.31. The first-order chi connectivity index (χ1) is 11.0. The minimum atomic E-state index is -0.0238. The molecule has 2 aromatic rings. The van der Waals surface area contributed by atoms with Gasteiger partial charge >= 0.3 is 0 Å². The summed E-state index contributed by atoms with van der Waals surface area (Å²) in [6, 6.07) is 16.7. The van der Waals surface area contributed by atoms with E-state index in [2.05, 4.69) is 42.3 Å². The van der Waals surface area contributed by atoms with E-state index in [1.165, 1.54) is 5.56 Å². The van der Waals surface area contributed by atoms with Crippen LogP contribution in [0.1, 0.15) is 30.5 Å². The van der Waals surface area contributed by atoms with E-state index in [-0.39, 0.29) is 5.91 Å². The smallest absolute Gasteiger partial charge is 0.257 e. The Bertz CT molecular complexity index is 747. The summed E-state index contributed by atoms with van der Waals surface area (Å²) in [5, 5.41) is 2.95. The second-order valence-corrected chi connectivity index (χ2v) is 6.30. The predicted octanol–water partition coefficient (Wildman–Crippen LogP) is 4.20. The number of fused-ring (bicyclic) bond motifs is 1. The third-order valence-electron chi connectivity index (χ3n) is 4.12. The number of aryl methyl sites for hydroxylation is 1. The van der Waals surface area contributed by atoms with E-state index in [0.717, 1.165) is 28.9 Å². The molecule has 118 valence electrons. The maximum atomic E-state index is 12.3. The predicted molar refractivity (Wildman–Crippen MR) is 94.9 cm³/mol. The molecule has 0 spiro atoms. The molecule has 0 saturated heterocycles. The number of nitrogens with one attached hydrogen (secondary N) is 1. The van der Waals surface area contributed by atoms with Crippen LogP contribution in [0.25, 0.3) is 5.57 Å². The quantitative estimate of drug-likeness (QED) is 0.859. The average Bonchev–Trinajstić information content (AvgIpc) is 2.83. The normalized spacial score (nSPS) is 15.0. The van der Waals surface area contributed by atoms with E-state index in [9.17, 15) is 4.79 Å². The SMILES string of the molecule is Cc1ccc2c(c1)/C(=C\N(Cc1ccccc1)C(C)C)C(=O)N2. The van der Waals surface area contributed by atoms with Gasteiger partial charge in [0.05, 0.1) is 5.57 Å². The second-order valence-electron chi connectivity index (χ2n) is 6.30. The lowest BCUT2D eigenvalue weighted by Gasteiger charge is -2.25. The highest BCUT2D eigenvalue weighted by Crippen LogP contribution is 2.33. The van der Waals surface area contributed by atoms with Gasteiger partial charge in [-0.15, -0.1) is 0 Å². The number of hydrogen-bond acceptors (Lipinski definition) is 2. The van der Waals surface area contributed by atoms with Crippen molar-refractivity contribution in [3.05, 3.63) is 71.4 Å². The fourth-order valence-electron chi connectivity index (χ4n) is 2.77. The average molecular weight is 306 g/mol. The lowest BCUT2D eigenvalue weighted by molar-refractivity contribution is -0.110. The van der Waals surface area contributed by atoms with Gasteiger partial charge in [-0.25, -0.2) is 0 Å². The topological polar surface area (TPSA) is 32.3 Å². The molecular weight excluding hydrogens is 284 g/mol. The summed E-state index contributed by atoms with van der Waals surface area (Å²) >= 11 is 0. The summed E-state index contributed by atoms with van der Waals surface area (Å²) in [4.78, 5) is 14.6. The van der Waals surface area contributed by atoms with Crippen molar-refractivity contribution in [2.75, 3.05) is 5.32 Å². The molecule has 3 nitrogen and oxygen atoms in total. The number of hydrogen-bond donors (Lipinski definition) is 1. The molecule has 1 amide bonds. The van der Waals surface area contributed by atoms with Crippen LogP contribution in [-0.2, 0) is 11.3 Å². The van der Waals surface area contributed by atoms with Crippen molar-refractivity contribution in [1.82, 2.24) is 4.90 Å². The molecule has 1 aliphatic rings. The molecule has 23 heavy (non-hydrogen) atoms. The van der Waals surface area contributed by atoms with Gasteiger partial charge in [0.1, 0.15) is 0 Å². The summed E-state index contributed by atoms with van der Waals surface area (Å²) in [5.74, 6) is -0.0238. The Morgan fingerprint density at radius 1 is 1.13 bits per heavy atom. The number of anilines is 1. The van der Waals surface area contributed by atoms with E-state index < -0.39 is 0 Å². The van der Waals surface area contributed by atoms with Gasteiger partial charge in [-0.3, -0.25) is 4.79 Å². The van der Waals surface area contributed by atoms with Crippen LogP contribution < -0.4 is 5.32 Å². The van der Waals surface area contributed by atoms with Gasteiger partial charge < -0.3 is 10.2 Å². The van der Waals surface area contributed by atoms with E-state index in [0.29, 0.717) is 6.04 Å². The number of nitrogens with zero attached hydrogens (tertiary/aromatic N) is 1. The molecule has 1 heterocycles. The molecule has 0 fully saturated rings. The minimum absolute atomic E-state index is 0.0238. The van der Waals surface area contributed by atoms with Crippen molar-refractivity contribution in [3.63, 3.8) is 0 Å². The van der Waals surface area contributed by atoms with Crippen molar-refractivity contribution in [2.24, 2.45) is 0 Å². The molecule has 2 aromatic carbocycles. The summed E-state index contributed by atoms with van der Waals surface area (Å²) < 4.78 is 0. The van der Waals surface area contributed by atoms with Crippen molar-refractivity contribution in [2.45, 2.75) is 33.4 Å². The van der Waals surface area contributed by atoms with Crippen LogP contribution in [0.3, 0.4) is 0 Å². The lowest BCUT2D eigenvalue weighted by atomic mass is 10.0. The first-order valence-corrected chi connectivity index (χ1v) is 7.98. The van der Waals surface area contributed by atoms with Crippen LogP contribution >= 0.6 is 0 Å². The van der Waals surface area contributed by atoms with Gasteiger partial charge in [0, 0.05) is 30.0 Å². The Kier molecular flexibility index (Phi) is 4.20. The van der Waals surface area contributed by atoms with E-state index in [1.807, 2.05) is 43.5 Å². The molecule has 0 atom stereocenters. The minimum Gasteiger partial charge on any atom is -0.370 e. The lowest BCUT2D eigenvalue weighted by Crippen LogP contribution is -2.26. The van der Waals surface area contributed by atoms with Crippen molar-refractivity contribution >= 4 is 17.2 Å². The van der Waals surface area contributed by atoms with Crippen LogP contribution in [0.5, 0.6) is 0 Å². The van der Waals surface area contributed by atoms with E-state index in [1.54, 1.807) is 0 Å². The second kappa shape index (κ2) is 6.29. The largest absolute Gasteiger partial charge is 0.370 e. The summed E-state index contributed by atoms with van der Waals surface area (Å²) in [6.07, 6.45) is 2.00. The molecule has 3 heteroatoms. The van der Waals surface area contributed by atoms with E-state index >= 15 is 0 Å². The van der Waals surface area contributed by atoms with Gasteiger partial charge in [-0.05, 0) is 38.5 Å². The maximum Gasteiger partial charge on any atom is 0.257 e. The van der Waals surface area contributed by atoms with E-state index in [4.69, 9.17) is 0 Å².